The highest BCUT2D eigenvalue weighted by atomic mass is 35.5. The number of carbonyl (C=O) groups is 1. The van der Waals surface area contributed by atoms with Crippen LogP contribution in [-0.2, 0) is 17.8 Å². The van der Waals surface area contributed by atoms with Crippen molar-refractivity contribution in [2.45, 2.75) is 13.0 Å². The molecule has 0 atom stereocenters. The molecule has 0 radical (unpaired) electrons. The SMILES string of the molecule is O=C(Cc1[nH]c2c(Cl)c(Cl)ccc2c1-c1cn[nH]c1)NCc1cc[nH]n1. The monoisotopic (exact) mass is 388 g/mol. The van der Waals surface area contributed by atoms with Gasteiger partial charge in [-0.3, -0.25) is 15.0 Å². The maximum absolute atomic E-state index is 12.4. The number of halogens is 2. The summed E-state index contributed by atoms with van der Waals surface area (Å²) in [6, 6.07) is 5.43. The van der Waals surface area contributed by atoms with E-state index >= 15 is 0 Å². The van der Waals surface area contributed by atoms with Crippen LogP contribution in [0, 0.1) is 0 Å². The van der Waals surface area contributed by atoms with E-state index in [1.54, 1.807) is 24.7 Å². The van der Waals surface area contributed by atoms with Gasteiger partial charge in [-0.15, -0.1) is 0 Å². The number of H-pyrrole nitrogens is 3. The molecule has 0 saturated carbocycles. The largest absolute Gasteiger partial charge is 0.356 e. The van der Waals surface area contributed by atoms with Crippen LogP contribution in [0.5, 0.6) is 0 Å². The highest BCUT2D eigenvalue weighted by molar-refractivity contribution is 6.45. The standard InChI is InChI=1S/C17H14Cl2N6O/c18-12-2-1-11-15(9-6-22-23-7-9)13(24-17(11)16(12)19)5-14(26)20-8-10-3-4-21-25-10/h1-4,6-7,24H,5,8H2,(H,20,26)(H,21,25)(H,22,23). The smallest absolute Gasteiger partial charge is 0.226 e. The van der Waals surface area contributed by atoms with Gasteiger partial charge in [-0.2, -0.15) is 10.2 Å². The first-order valence-electron chi connectivity index (χ1n) is 7.86. The van der Waals surface area contributed by atoms with Crippen molar-refractivity contribution in [2.75, 3.05) is 0 Å². The van der Waals surface area contributed by atoms with Crippen LogP contribution >= 0.6 is 23.2 Å². The minimum atomic E-state index is -0.133. The van der Waals surface area contributed by atoms with E-state index in [0.29, 0.717) is 22.1 Å². The van der Waals surface area contributed by atoms with E-state index in [9.17, 15) is 4.79 Å². The molecule has 0 aliphatic rings. The zero-order valence-electron chi connectivity index (χ0n) is 13.4. The molecule has 3 aromatic heterocycles. The van der Waals surface area contributed by atoms with Gasteiger partial charge >= 0.3 is 0 Å². The number of fused-ring (bicyclic) bond motifs is 1. The minimum absolute atomic E-state index is 0.133. The summed E-state index contributed by atoms with van der Waals surface area (Å²) in [5, 5.41) is 18.2. The molecule has 1 amide bonds. The number of aromatic amines is 3. The van der Waals surface area contributed by atoms with E-state index < -0.39 is 0 Å². The number of nitrogens with one attached hydrogen (secondary N) is 4. The van der Waals surface area contributed by atoms with Crippen molar-refractivity contribution in [1.82, 2.24) is 30.7 Å². The first-order valence-corrected chi connectivity index (χ1v) is 8.62. The van der Waals surface area contributed by atoms with Crippen LogP contribution < -0.4 is 5.32 Å². The number of carbonyl (C=O) groups excluding carboxylic acids is 1. The summed E-state index contributed by atoms with van der Waals surface area (Å²) in [6.45, 7) is 0.357. The summed E-state index contributed by atoms with van der Waals surface area (Å²) in [6.07, 6.45) is 5.35. The second-order valence-electron chi connectivity index (χ2n) is 5.77. The lowest BCUT2D eigenvalue weighted by Crippen LogP contribution is -2.25. The lowest BCUT2D eigenvalue weighted by molar-refractivity contribution is -0.120. The summed E-state index contributed by atoms with van der Waals surface area (Å²) < 4.78 is 0. The Balaban J connectivity index is 1.68. The Kier molecular flexibility index (Phi) is 4.40. The van der Waals surface area contributed by atoms with Crippen molar-refractivity contribution >= 4 is 40.0 Å². The van der Waals surface area contributed by atoms with E-state index in [4.69, 9.17) is 23.2 Å². The van der Waals surface area contributed by atoms with Crippen LogP contribution in [0.3, 0.4) is 0 Å². The van der Waals surface area contributed by atoms with Gasteiger partial charge in [-0.25, -0.2) is 0 Å². The zero-order chi connectivity index (χ0) is 18.1. The second-order valence-corrected chi connectivity index (χ2v) is 6.55. The Morgan fingerprint density at radius 3 is 2.81 bits per heavy atom. The van der Waals surface area contributed by atoms with Crippen molar-refractivity contribution in [3.05, 3.63) is 58.2 Å². The molecule has 3 heterocycles. The lowest BCUT2D eigenvalue weighted by Gasteiger charge is -2.04. The highest BCUT2D eigenvalue weighted by Gasteiger charge is 2.19. The third-order valence-corrected chi connectivity index (χ3v) is 4.90. The third kappa shape index (κ3) is 3.07. The van der Waals surface area contributed by atoms with Crippen molar-refractivity contribution in [2.24, 2.45) is 0 Å². The molecule has 132 valence electrons. The van der Waals surface area contributed by atoms with Crippen LogP contribution in [0.2, 0.25) is 10.0 Å². The number of rotatable bonds is 5. The second kappa shape index (κ2) is 6.86. The van der Waals surface area contributed by atoms with Gasteiger partial charge in [-0.05, 0) is 12.1 Å². The van der Waals surface area contributed by atoms with Gasteiger partial charge < -0.3 is 10.3 Å². The topological polar surface area (TPSA) is 102 Å². The van der Waals surface area contributed by atoms with Crippen LogP contribution in [0.25, 0.3) is 22.0 Å². The van der Waals surface area contributed by atoms with E-state index in [1.807, 2.05) is 12.1 Å². The summed E-state index contributed by atoms with van der Waals surface area (Å²) >= 11 is 12.5. The van der Waals surface area contributed by atoms with Gasteiger partial charge in [0.25, 0.3) is 0 Å². The fraction of sp³-hybridized carbons (Fsp3) is 0.118. The third-order valence-electron chi connectivity index (χ3n) is 4.09. The summed E-state index contributed by atoms with van der Waals surface area (Å²) in [5.74, 6) is -0.133. The zero-order valence-corrected chi connectivity index (χ0v) is 14.9. The summed E-state index contributed by atoms with van der Waals surface area (Å²) in [4.78, 5) is 15.7. The first-order chi connectivity index (χ1) is 12.6. The Morgan fingerprint density at radius 2 is 2.08 bits per heavy atom. The van der Waals surface area contributed by atoms with Crippen LogP contribution in [0.4, 0.5) is 0 Å². The van der Waals surface area contributed by atoms with Crippen molar-refractivity contribution in [3.8, 4) is 11.1 Å². The van der Waals surface area contributed by atoms with Gasteiger partial charge in [0.05, 0.1) is 40.4 Å². The number of hydrogen-bond acceptors (Lipinski definition) is 3. The first kappa shape index (κ1) is 16.7. The van der Waals surface area contributed by atoms with E-state index in [-0.39, 0.29) is 12.3 Å². The molecule has 0 spiro atoms. The summed E-state index contributed by atoms with van der Waals surface area (Å²) in [5.41, 5.74) is 3.95. The Labute approximate surface area is 158 Å². The lowest BCUT2D eigenvalue weighted by atomic mass is 10.0. The molecule has 0 unspecified atom stereocenters. The molecule has 4 N–H and O–H groups in total. The van der Waals surface area contributed by atoms with Gasteiger partial charge in [0.1, 0.15) is 0 Å². The average Bonchev–Trinajstić information content (AvgIpc) is 3.36. The predicted molar refractivity (Wildman–Crippen MR) is 100 cm³/mol. The molecule has 0 saturated heterocycles. The van der Waals surface area contributed by atoms with E-state index in [2.05, 4.69) is 30.7 Å². The van der Waals surface area contributed by atoms with Crippen molar-refractivity contribution < 1.29 is 4.79 Å². The molecule has 4 aromatic rings. The molecule has 9 heteroatoms. The van der Waals surface area contributed by atoms with Crippen LogP contribution in [0.1, 0.15) is 11.4 Å². The molecule has 1 aromatic carbocycles. The minimum Gasteiger partial charge on any atom is -0.356 e. The molecule has 7 nitrogen and oxygen atoms in total. The fourth-order valence-corrected chi connectivity index (χ4v) is 3.28. The molecule has 4 rings (SSSR count). The number of aromatic nitrogens is 5. The van der Waals surface area contributed by atoms with Gasteiger partial charge in [0.2, 0.25) is 5.91 Å². The van der Waals surface area contributed by atoms with Crippen LogP contribution in [-0.4, -0.2) is 31.3 Å². The molecular weight excluding hydrogens is 375 g/mol. The number of amides is 1. The quantitative estimate of drug-likeness (QED) is 0.420. The normalized spacial score (nSPS) is 11.2. The molecule has 0 fully saturated rings. The number of nitrogens with zero attached hydrogens (tertiary/aromatic N) is 2. The van der Waals surface area contributed by atoms with Crippen molar-refractivity contribution in [1.29, 1.82) is 0 Å². The Bertz CT molecular complexity index is 1050. The summed E-state index contributed by atoms with van der Waals surface area (Å²) in [7, 11) is 0. The average molecular weight is 389 g/mol. The van der Waals surface area contributed by atoms with E-state index in [0.717, 1.165) is 27.9 Å². The van der Waals surface area contributed by atoms with Gasteiger partial charge in [0.15, 0.2) is 0 Å². The molecule has 26 heavy (non-hydrogen) atoms. The van der Waals surface area contributed by atoms with Crippen molar-refractivity contribution in [3.63, 3.8) is 0 Å². The fourth-order valence-electron chi connectivity index (χ4n) is 2.91. The Hall–Kier alpha value is -2.77. The maximum Gasteiger partial charge on any atom is 0.226 e. The molecule has 0 aliphatic heterocycles. The molecule has 0 aliphatic carbocycles. The van der Waals surface area contributed by atoms with Gasteiger partial charge in [0, 0.05) is 34.6 Å². The number of benzene rings is 1. The highest BCUT2D eigenvalue weighted by Crippen LogP contribution is 2.38. The van der Waals surface area contributed by atoms with E-state index in [1.165, 1.54) is 0 Å². The predicted octanol–water partition coefficient (Wildman–Crippen LogP) is 3.45. The maximum atomic E-state index is 12.4. The number of hydrogen-bond donors (Lipinski definition) is 4. The molecule has 0 bridgehead atoms. The molecular formula is C17H14Cl2N6O. The van der Waals surface area contributed by atoms with Crippen LogP contribution in [0.15, 0.2) is 36.8 Å². The Morgan fingerprint density at radius 1 is 1.19 bits per heavy atom. The van der Waals surface area contributed by atoms with Gasteiger partial charge in [-0.1, -0.05) is 29.3 Å².